The zero-order chi connectivity index (χ0) is 18.4. The number of halogens is 1. The number of nitrogens with one attached hydrogen (secondary N) is 1. The Balaban J connectivity index is 1.52. The molecule has 0 bridgehead atoms. The highest BCUT2D eigenvalue weighted by molar-refractivity contribution is 6.31. The van der Waals surface area contributed by atoms with Crippen LogP contribution in [0.3, 0.4) is 0 Å². The van der Waals surface area contributed by atoms with Crippen LogP contribution in [-0.4, -0.2) is 35.9 Å². The molecule has 1 atom stereocenters. The van der Waals surface area contributed by atoms with Gasteiger partial charge in [0.15, 0.2) is 0 Å². The molecule has 0 aliphatic carbocycles. The summed E-state index contributed by atoms with van der Waals surface area (Å²) in [5.41, 5.74) is 4.24. The smallest absolute Gasteiger partial charge is 0.132 e. The van der Waals surface area contributed by atoms with Gasteiger partial charge in [0.25, 0.3) is 0 Å². The molecular weight excluding hydrogens is 360 g/mol. The zero-order valence-electron chi connectivity index (χ0n) is 14.9. The normalized spacial score (nSPS) is 17.3. The van der Waals surface area contributed by atoms with Gasteiger partial charge in [0.2, 0.25) is 0 Å². The predicted molar refractivity (Wildman–Crippen MR) is 105 cm³/mol. The first-order valence-corrected chi connectivity index (χ1v) is 9.35. The van der Waals surface area contributed by atoms with Crippen LogP contribution < -0.4 is 0 Å². The van der Waals surface area contributed by atoms with E-state index in [-0.39, 0.29) is 6.04 Å². The number of benzene rings is 1. The zero-order valence-corrected chi connectivity index (χ0v) is 15.7. The molecule has 1 aliphatic heterocycles. The molecule has 4 aromatic rings. The molecule has 0 fully saturated rings. The highest BCUT2D eigenvalue weighted by atomic mass is 35.5. The van der Waals surface area contributed by atoms with Crippen LogP contribution in [0.5, 0.6) is 0 Å². The molecular formula is C20H19ClN6. The van der Waals surface area contributed by atoms with Crippen LogP contribution in [0.1, 0.15) is 28.9 Å². The average Bonchev–Trinajstić information content (AvgIpc) is 3.30. The highest BCUT2D eigenvalue weighted by Gasteiger charge is 2.33. The third-order valence-electron chi connectivity index (χ3n) is 5.20. The molecule has 3 aromatic heterocycles. The Kier molecular flexibility index (Phi) is 3.95. The van der Waals surface area contributed by atoms with Gasteiger partial charge in [-0.25, -0.2) is 9.97 Å². The number of imidazole rings is 2. The Labute approximate surface area is 161 Å². The molecule has 0 spiro atoms. The Morgan fingerprint density at radius 1 is 1.22 bits per heavy atom. The minimum absolute atomic E-state index is 0.0164. The van der Waals surface area contributed by atoms with Gasteiger partial charge in [-0.2, -0.15) is 0 Å². The average molecular weight is 379 g/mol. The van der Waals surface area contributed by atoms with Gasteiger partial charge < -0.3 is 9.55 Å². The van der Waals surface area contributed by atoms with E-state index in [0.29, 0.717) is 0 Å². The number of pyridine rings is 1. The molecule has 1 aromatic carbocycles. The summed E-state index contributed by atoms with van der Waals surface area (Å²) in [5.74, 6) is 0.996. The van der Waals surface area contributed by atoms with E-state index in [0.717, 1.165) is 52.6 Å². The molecule has 6 nitrogen and oxygen atoms in total. The lowest BCUT2D eigenvalue weighted by atomic mass is 10.0. The minimum atomic E-state index is 0.0164. The molecule has 136 valence electrons. The molecule has 4 heterocycles. The van der Waals surface area contributed by atoms with Crippen LogP contribution in [0.2, 0.25) is 5.02 Å². The van der Waals surface area contributed by atoms with E-state index in [2.05, 4.69) is 36.6 Å². The van der Waals surface area contributed by atoms with Crippen LogP contribution in [0.25, 0.3) is 10.9 Å². The highest BCUT2D eigenvalue weighted by Crippen LogP contribution is 2.33. The van der Waals surface area contributed by atoms with Gasteiger partial charge in [0.05, 0.1) is 23.2 Å². The fraction of sp³-hybridized carbons (Fsp3) is 0.250. The number of aryl methyl sites for hydroxylation is 1. The molecule has 0 unspecified atom stereocenters. The molecule has 0 amide bonds. The lowest BCUT2D eigenvalue weighted by molar-refractivity contribution is 0.188. The van der Waals surface area contributed by atoms with Crippen molar-refractivity contribution in [2.24, 2.45) is 7.05 Å². The second-order valence-electron chi connectivity index (χ2n) is 6.93. The van der Waals surface area contributed by atoms with E-state index in [1.54, 1.807) is 6.33 Å². The fourth-order valence-corrected chi connectivity index (χ4v) is 4.04. The molecule has 5 rings (SSSR count). The Bertz CT molecular complexity index is 1110. The van der Waals surface area contributed by atoms with Crippen LogP contribution in [-0.2, 0) is 20.0 Å². The van der Waals surface area contributed by atoms with E-state index < -0.39 is 0 Å². The third kappa shape index (κ3) is 2.91. The summed E-state index contributed by atoms with van der Waals surface area (Å²) in [6.45, 7) is 1.66. The van der Waals surface area contributed by atoms with E-state index in [1.807, 2.05) is 37.6 Å². The Morgan fingerprint density at radius 2 is 2.15 bits per heavy atom. The summed E-state index contributed by atoms with van der Waals surface area (Å²) in [6, 6.07) is 9.98. The number of H-pyrrole nitrogens is 1. The van der Waals surface area contributed by atoms with E-state index in [9.17, 15) is 0 Å². The second-order valence-corrected chi connectivity index (χ2v) is 7.36. The molecule has 0 radical (unpaired) electrons. The first-order valence-electron chi connectivity index (χ1n) is 8.97. The lowest BCUT2D eigenvalue weighted by Crippen LogP contribution is -2.37. The maximum Gasteiger partial charge on any atom is 0.132 e. The topological polar surface area (TPSA) is 62.6 Å². The van der Waals surface area contributed by atoms with Crippen LogP contribution in [0.15, 0.2) is 49.1 Å². The SMILES string of the molecule is Cn1ccnc1[C@@H]1c2nc[nH]c2CCN1Cc1ccc2cc(Cl)ccc2n1. The van der Waals surface area contributed by atoms with Crippen molar-refractivity contribution in [3.8, 4) is 0 Å². The Morgan fingerprint density at radius 3 is 3.00 bits per heavy atom. The monoisotopic (exact) mass is 378 g/mol. The van der Waals surface area contributed by atoms with E-state index in [4.69, 9.17) is 16.6 Å². The molecule has 0 saturated heterocycles. The quantitative estimate of drug-likeness (QED) is 0.592. The van der Waals surface area contributed by atoms with Crippen molar-refractivity contribution in [2.45, 2.75) is 19.0 Å². The molecule has 27 heavy (non-hydrogen) atoms. The van der Waals surface area contributed by atoms with Crippen LogP contribution in [0, 0.1) is 0 Å². The van der Waals surface area contributed by atoms with Gasteiger partial charge in [0.1, 0.15) is 11.9 Å². The van der Waals surface area contributed by atoms with Crippen molar-refractivity contribution in [3.05, 3.63) is 77.0 Å². The maximum absolute atomic E-state index is 6.09. The first kappa shape index (κ1) is 16.5. The summed E-state index contributed by atoms with van der Waals surface area (Å²) >= 11 is 6.09. The van der Waals surface area contributed by atoms with Crippen LogP contribution >= 0.6 is 11.6 Å². The Hall–Kier alpha value is -2.70. The van der Waals surface area contributed by atoms with Crippen LogP contribution in [0.4, 0.5) is 0 Å². The summed E-state index contributed by atoms with van der Waals surface area (Å²) < 4.78 is 2.07. The minimum Gasteiger partial charge on any atom is -0.348 e. The number of rotatable bonds is 3. The predicted octanol–water partition coefficient (Wildman–Crippen LogP) is 3.49. The number of hydrogen-bond acceptors (Lipinski definition) is 4. The largest absolute Gasteiger partial charge is 0.348 e. The molecule has 1 aliphatic rings. The molecule has 1 N–H and O–H groups in total. The van der Waals surface area contributed by atoms with Gasteiger partial charge >= 0.3 is 0 Å². The summed E-state index contributed by atoms with van der Waals surface area (Å²) in [6.07, 6.45) is 6.54. The number of aromatic amines is 1. The van der Waals surface area contributed by atoms with Crippen molar-refractivity contribution in [1.82, 2.24) is 29.4 Å². The maximum atomic E-state index is 6.09. The number of fused-ring (bicyclic) bond motifs is 2. The van der Waals surface area contributed by atoms with Crippen molar-refractivity contribution in [1.29, 1.82) is 0 Å². The standard InChI is InChI=1S/C20H19ClN6/c1-26-9-7-22-20(26)19-18-17(23-12-24-18)6-8-27(19)11-15-4-2-13-10-14(21)3-5-16(13)25-15/h2-5,7,9-10,12,19H,6,8,11H2,1H3,(H,23,24)/t19-/m0/s1. The third-order valence-corrected chi connectivity index (χ3v) is 5.44. The van der Waals surface area contributed by atoms with Gasteiger partial charge in [-0.05, 0) is 24.3 Å². The second kappa shape index (κ2) is 6.48. The van der Waals surface area contributed by atoms with Gasteiger partial charge in [-0.1, -0.05) is 17.7 Å². The number of hydrogen-bond donors (Lipinski definition) is 1. The fourth-order valence-electron chi connectivity index (χ4n) is 3.86. The number of nitrogens with zero attached hydrogens (tertiary/aromatic N) is 5. The molecule has 0 saturated carbocycles. The van der Waals surface area contributed by atoms with Crippen molar-refractivity contribution < 1.29 is 0 Å². The summed E-state index contributed by atoms with van der Waals surface area (Å²) in [4.78, 5) is 19.7. The van der Waals surface area contributed by atoms with Gasteiger partial charge in [-0.15, -0.1) is 0 Å². The van der Waals surface area contributed by atoms with Gasteiger partial charge in [0, 0.05) is 55.1 Å². The summed E-state index contributed by atoms with van der Waals surface area (Å²) in [5, 5.41) is 1.79. The molecule has 7 heteroatoms. The van der Waals surface area contributed by atoms with Gasteiger partial charge in [-0.3, -0.25) is 9.88 Å². The van der Waals surface area contributed by atoms with Crippen molar-refractivity contribution in [3.63, 3.8) is 0 Å². The van der Waals surface area contributed by atoms with E-state index in [1.165, 1.54) is 5.69 Å². The van der Waals surface area contributed by atoms with E-state index >= 15 is 0 Å². The first-order chi connectivity index (χ1) is 13.2. The summed E-state index contributed by atoms with van der Waals surface area (Å²) in [7, 11) is 2.03. The van der Waals surface area contributed by atoms with Crippen molar-refractivity contribution >= 4 is 22.5 Å². The number of aromatic nitrogens is 5. The lowest BCUT2D eigenvalue weighted by Gasteiger charge is -2.34. The van der Waals surface area contributed by atoms with Crippen molar-refractivity contribution in [2.75, 3.05) is 6.54 Å².